The average molecular weight is 294 g/mol. The van der Waals surface area contributed by atoms with Crippen LogP contribution >= 0.6 is 0 Å². The first-order valence-corrected chi connectivity index (χ1v) is 7.30. The van der Waals surface area contributed by atoms with Crippen molar-refractivity contribution in [1.82, 2.24) is 10.3 Å². The van der Waals surface area contributed by atoms with Gasteiger partial charge in [-0.05, 0) is 38.5 Å². The maximum absolute atomic E-state index is 12.1. The molecule has 0 saturated heterocycles. The molecule has 2 rings (SSSR count). The van der Waals surface area contributed by atoms with E-state index in [1.54, 1.807) is 13.8 Å². The van der Waals surface area contributed by atoms with Crippen LogP contribution in [0.1, 0.15) is 54.7 Å². The molecule has 116 valence electrons. The first-order chi connectivity index (χ1) is 9.84. The number of amides is 1. The van der Waals surface area contributed by atoms with Crippen molar-refractivity contribution < 1.29 is 19.1 Å². The van der Waals surface area contributed by atoms with E-state index in [1.165, 1.54) is 0 Å². The van der Waals surface area contributed by atoms with Crippen molar-refractivity contribution in [2.45, 2.75) is 46.5 Å². The van der Waals surface area contributed by atoms with Crippen molar-refractivity contribution in [2.24, 2.45) is 11.3 Å². The highest BCUT2D eigenvalue weighted by Crippen LogP contribution is 2.38. The van der Waals surface area contributed by atoms with E-state index in [0.29, 0.717) is 30.3 Å². The fourth-order valence-corrected chi connectivity index (χ4v) is 2.85. The number of aliphatic carboxylic acids is 1. The van der Waals surface area contributed by atoms with E-state index >= 15 is 0 Å². The van der Waals surface area contributed by atoms with Gasteiger partial charge in [-0.1, -0.05) is 6.92 Å². The standard InChI is InChI=1S/C15H22N2O4/c1-9-4-6-15(7-5-9,14(19)20)8-16-13(18)12-10(2)17-11(3)21-12/h9H,4-8H2,1-3H3,(H,16,18)(H,19,20). The van der Waals surface area contributed by atoms with Crippen molar-refractivity contribution in [1.29, 1.82) is 0 Å². The monoisotopic (exact) mass is 294 g/mol. The Morgan fingerprint density at radius 3 is 2.48 bits per heavy atom. The normalized spacial score (nSPS) is 25.6. The van der Waals surface area contributed by atoms with E-state index < -0.39 is 17.3 Å². The zero-order valence-corrected chi connectivity index (χ0v) is 12.7. The summed E-state index contributed by atoms with van der Waals surface area (Å²) in [7, 11) is 0. The van der Waals surface area contributed by atoms with Gasteiger partial charge in [0.15, 0.2) is 5.89 Å². The number of nitrogens with one attached hydrogen (secondary N) is 1. The molecule has 1 amide bonds. The second-order valence-corrected chi connectivity index (χ2v) is 6.10. The summed E-state index contributed by atoms with van der Waals surface area (Å²) in [6, 6.07) is 0. The zero-order chi connectivity index (χ0) is 15.6. The minimum Gasteiger partial charge on any atom is -0.481 e. The number of hydrogen-bond donors (Lipinski definition) is 2. The number of rotatable bonds is 4. The molecule has 1 aliphatic rings. The Kier molecular flexibility index (Phi) is 4.34. The second-order valence-electron chi connectivity index (χ2n) is 6.10. The number of hydrogen-bond acceptors (Lipinski definition) is 4. The summed E-state index contributed by atoms with van der Waals surface area (Å²) in [5.74, 6) is -0.0887. The van der Waals surface area contributed by atoms with E-state index in [9.17, 15) is 14.7 Å². The third-order valence-electron chi connectivity index (χ3n) is 4.38. The van der Waals surface area contributed by atoms with Crippen molar-refractivity contribution in [3.63, 3.8) is 0 Å². The van der Waals surface area contributed by atoms with Gasteiger partial charge in [-0.3, -0.25) is 9.59 Å². The van der Waals surface area contributed by atoms with Gasteiger partial charge in [0.1, 0.15) is 0 Å². The van der Waals surface area contributed by atoms with Gasteiger partial charge >= 0.3 is 5.97 Å². The van der Waals surface area contributed by atoms with Gasteiger partial charge in [-0.2, -0.15) is 0 Å². The minimum atomic E-state index is -0.856. The van der Waals surface area contributed by atoms with E-state index in [1.807, 2.05) is 0 Å². The lowest BCUT2D eigenvalue weighted by atomic mass is 9.71. The first-order valence-electron chi connectivity index (χ1n) is 7.30. The summed E-state index contributed by atoms with van der Waals surface area (Å²) in [5, 5.41) is 12.2. The predicted octanol–water partition coefficient (Wildman–Crippen LogP) is 2.30. The van der Waals surface area contributed by atoms with E-state index in [0.717, 1.165) is 12.8 Å². The summed E-state index contributed by atoms with van der Waals surface area (Å²) >= 11 is 0. The van der Waals surface area contributed by atoms with Gasteiger partial charge in [0.05, 0.1) is 11.1 Å². The fourth-order valence-electron chi connectivity index (χ4n) is 2.85. The molecule has 0 atom stereocenters. The van der Waals surface area contributed by atoms with Gasteiger partial charge < -0.3 is 14.8 Å². The van der Waals surface area contributed by atoms with Gasteiger partial charge in [-0.15, -0.1) is 0 Å². The quantitative estimate of drug-likeness (QED) is 0.889. The van der Waals surface area contributed by atoms with Crippen LogP contribution in [0.3, 0.4) is 0 Å². The highest BCUT2D eigenvalue weighted by Gasteiger charge is 2.41. The molecule has 1 heterocycles. The van der Waals surface area contributed by atoms with Crippen LogP contribution in [0.5, 0.6) is 0 Å². The molecule has 1 aromatic rings. The molecule has 6 heteroatoms. The number of nitrogens with zero attached hydrogens (tertiary/aromatic N) is 1. The number of carboxylic acids is 1. The predicted molar refractivity (Wildman–Crippen MR) is 76.0 cm³/mol. The van der Waals surface area contributed by atoms with Crippen LogP contribution in [-0.4, -0.2) is 28.5 Å². The highest BCUT2D eigenvalue weighted by molar-refractivity contribution is 5.92. The lowest BCUT2D eigenvalue weighted by Crippen LogP contribution is -2.45. The second kappa shape index (κ2) is 5.87. The number of aryl methyl sites for hydroxylation is 2. The molecule has 1 aromatic heterocycles. The molecule has 2 N–H and O–H groups in total. The Balaban J connectivity index is 2.04. The van der Waals surface area contributed by atoms with Gasteiger partial charge in [0, 0.05) is 13.5 Å². The number of oxazole rings is 1. The SMILES string of the molecule is Cc1nc(C)c(C(=O)NCC2(C(=O)O)CCC(C)CC2)o1. The number of carboxylic acid groups (broad SMARTS) is 1. The molecule has 6 nitrogen and oxygen atoms in total. The topological polar surface area (TPSA) is 92.4 Å². The van der Waals surface area contributed by atoms with Gasteiger partial charge in [0.2, 0.25) is 5.76 Å². The Hall–Kier alpha value is -1.85. The number of carbonyl (C=O) groups is 2. The molecule has 0 radical (unpaired) electrons. The maximum Gasteiger partial charge on any atom is 0.311 e. The number of aromatic nitrogens is 1. The van der Waals surface area contributed by atoms with Crippen LogP contribution in [0.2, 0.25) is 0 Å². The molecular weight excluding hydrogens is 272 g/mol. The van der Waals surface area contributed by atoms with Crippen LogP contribution in [0.4, 0.5) is 0 Å². The zero-order valence-electron chi connectivity index (χ0n) is 12.7. The average Bonchev–Trinajstić information content (AvgIpc) is 2.77. The molecule has 21 heavy (non-hydrogen) atoms. The molecule has 0 aliphatic heterocycles. The van der Waals surface area contributed by atoms with Crippen molar-refractivity contribution >= 4 is 11.9 Å². The summed E-state index contributed by atoms with van der Waals surface area (Å²) in [6.07, 6.45) is 2.95. The Morgan fingerprint density at radius 1 is 1.38 bits per heavy atom. The third-order valence-corrected chi connectivity index (χ3v) is 4.38. The molecule has 1 aliphatic carbocycles. The van der Waals surface area contributed by atoms with Crippen LogP contribution in [-0.2, 0) is 4.79 Å². The fraction of sp³-hybridized carbons (Fsp3) is 0.667. The summed E-state index contributed by atoms with van der Waals surface area (Å²) < 4.78 is 5.26. The Bertz CT molecular complexity index is 542. The van der Waals surface area contributed by atoms with Crippen LogP contribution in [0.25, 0.3) is 0 Å². The molecule has 0 unspecified atom stereocenters. The van der Waals surface area contributed by atoms with Crippen LogP contribution < -0.4 is 5.32 Å². The van der Waals surface area contributed by atoms with E-state index in [4.69, 9.17) is 4.42 Å². The van der Waals surface area contributed by atoms with E-state index in [2.05, 4.69) is 17.2 Å². The Morgan fingerprint density at radius 2 is 2.00 bits per heavy atom. The highest BCUT2D eigenvalue weighted by atomic mass is 16.4. The summed E-state index contributed by atoms with van der Waals surface area (Å²) in [5.41, 5.74) is -0.336. The largest absolute Gasteiger partial charge is 0.481 e. The van der Waals surface area contributed by atoms with Gasteiger partial charge in [0.25, 0.3) is 5.91 Å². The summed E-state index contributed by atoms with van der Waals surface area (Å²) in [4.78, 5) is 27.8. The Labute approximate surface area is 123 Å². The van der Waals surface area contributed by atoms with Crippen molar-refractivity contribution in [3.8, 4) is 0 Å². The first kappa shape index (κ1) is 15.5. The maximum atomic E-state index is 12.1. The lowest BCUT2D eigenvalue weighted by Gasteiger charge is -2.35. The molecule has 0 aromatic carbocycles. The van der Waals surface area contributed by atoms with Crippen LogP contribution in [0.15, 0.2) is 4.42 Å². The minimum absolute atomic E-state index is 0.132. The van der Waals surface area contributed by atoms with Gasteiger partial charge in [-0.25, -0.2) is 4.98 Å². The smallest absolute Gasteiger partial charge is 0.311 e. The molecule has 0 spiro atoms. The summed E-state index contributed by atoms with van der Waals surface area (Å²) in [6.45, 7) is 5.63. The number of carbonyl (C=O) groups excluding carboxylic acids is 1. The van der Waals surface area contributed by atoms with E-state index in [-0.39, 0.29) is 12.3 Å². The lowest BCUT2D eigenvalue weighted by molar-refractivity contribution is -0.151. The van der Waals surface area contributed by atoms with Crippen molar-refractivity contribution in [2.75, 3.05) is 6.54 Å². The molecular formula is C15H22N2O4. The third kappa shape index (κ3) is 3.25. The molecule has 0 bridgehead atoms. The van der Waals surface area contributed by atoms with Crippen LogP contribution in [0, 0.1) is 25.2 Å². The van der Waals surface area contributed by atoms with Crippen molar-refractivity contribution in [3.05, 3.63) is 17.3 Å². The molecule has 1 fully saturated rings. The molecule has 1 saturated carbocycles.